The molecule has 1 aromatic carbocycles. The highest BCUT2D eigenvalue weighted by atomic mass is 32.2. The van der Waals surface area contributed by atoms with Gasteiger partial charge in [-0.25, -0.2) is 4.39 Å². The summed E-state index contributed by atoms with van der Waals surface area (Å²) < 4.78 is 15.1. The van der Waals surface area contributed by atoms with Crippen LogP contribution in [0.15, 0.2) is 46.9 Å². The van der Waals surface area contributed by atoms with Crippen LogP contribution in [0.2, 0.25) is 0 Å². The van der Waals surface area contributed by atoms with Crippen molar-refractivity contribution in [2.45, 2.75) is 23.8 Å². The number of anilines is 1. The average molecular weight is 376 g/mol. The highest BCUT2D eigenvalue weighted by molar-refractivity contribution is 8.00. The van der Waals surface area contributed by atoms with Gasteiger partial charge in [-0.05, 0) is 36.6 Å². The third-order valence-corrected chi connectivity index (χ3v) is 5.59. The lowest BCUT2D eigenvalue weighted by molar-refractivity contribution is -0.115. The van der Waals surface area contributed by atoms with E-state index in [0.29, 0.717) is 17.3 Å². The number of aromatic nitrogens is 3. The van der Waals surface area contributed by atoms with Gasteiger partial charge in [0.1, 0.15) is 11.6 Å². The predicted molar refractivity (Wildman–Crippen MR) is 98.5 cm³/mol. The number of hydrogen-bond donors (Lipinski definition) is 1. The maximum Gasteiger partial charge on any atom is 0.237 e. The Morgan fingerprint density at radius 2 is 2.20 bits per heavy atom. The molecule has 5 nitrogen and oxygen atoms in total. The molecule has 2 heterocycles. The van der Waals surface area contributed by atoms with Crippen LogP contribution in [-0.2, 0) is 18.3 Å². The summed E-state index contributed by atoms with van der Waals surface area (Å²) in [4.78, 5) is 13.5. The summed E-state index contributed by atoms with van der Waals surface area (Å²) in [5.41, 5.74) is 0.439. The molecule has 3 rings (SSSR count). The molecule has 0 unspecified atom stereocenters. The summed E-state index contributed by atoms with van der Waals surface area (Å²) in [5.74, 6) is 0.255. The molecule has 1 atom stereocenters. The van der Waals surface area contributed by atoms with Gasteiger partial charge in [-0.3, -0.25) is 4.79 Å². The second-order valence-corrected chi connectivity index (χ2v) is 7.81. The third-order valence-electron chi connectivity index (χ3n) is 3.58. The normalized spacial score (nSPS) is 12.1. The zero-order chi connectivity index (χ0) is 17.8. The van der Waals surface area contributed by atoms with E-state index in [2.05, 4.69) is 21.6 Å². The Bertz CT molecular complexity index is 863. The molecule has 25 heavy (non-hydrogen) atoms. The number of hydrogen-bond acceptors (Lipinski definition) is 5. The van der Waals surface area contributed by atoms with Crippen molar-refractivity contribution in [2.75, 3.05) is 5.32 Å². The van der Waals surface area contributed by atoms with Crippen LogP contribution >= 0.6 is 23.1 Å². The molecule has 8 heteroatoms. The molecule has 0 aliphatic heterocycles. The minimum absolute atomic E-state index is 0.210. The van der Waals surface area contributed by atoms with E-state index in [4.69, 9.17) is 0 Å². The van der Waals surface area contributed by atoms with Crippen molar-refractivity contribution in [1.82, 2.24) is 14.8 Å². The summed E-state index contributed by atoms with van der Waals surface area (Å²) in [7, 11) is 1.89. The van der Waals surface area contributed by atoms with Gasteiger partial charge < -0.3 is 9.88 Å². The van der Waals surface area contributed by atoms with Crippen LogP contribution in [0, 0.1) is 5.82 Å². The fourth-order valence-corrected chi connectivity index (χ4v) is 3.73. The highest BCUT2D eigenvalue weighted by Gasteiger charge is 2.19. The van der Waals surface area contributed by atoms with Crippen molar-refractivity contribution >= 4 is 34.7 Å². The van der Waals surface area contributed by atoms with Crippen molar-refractivity contribution in [1.29, 1.82) is 0 Å². The number of benzene rings is 1. The Balaban J connectivity index is 1.63. The molecule has 0 aliphatic rings. The number of thiophene rings is 1. The minimum Gasteiger partial charge on any atom is -0.325 e. The Morgan fingerprint density at radius 1 is 1.36 bits per heavy atom. The molecule has 0 saturated carbocycles. The molecule has 0 radical (unpaired) electrons. The number of nitrogens with zero attached hydrogens (tertiary/aromatic N) is 3. The first-order valence-corrected chi connectivity index (χ1v) is 9.42. The fourth-order valence-electron chi connectivity index (χ4n) is 2.19. The van der Waals surface area contributed by atoms with Gasteiger partial charge in [-0.15, -0.1) is 21.5 Å². The largest absolute Gasteiger partial charge is 0.325 e. The van der Waals surface area contributed by atoms with Crippen LogP contribution in [0.1, 0.15) is 17.6 Å². The van der Waals surface area contributed by atoms with E-state index in [1.807, 2.05) is 23.1 Å². The SMILES string of the molecule is C[C@@H](Sc1nnc(Cc2cccs2)n1C)C(=O)Nc1cccc(F)c1. The third kappa shape index (κ3) is 4.46. The average Bonchev–Trinajstić information content (AvgIpc) is 3.20. The second-order valence-electron chi connectivity index (χ2n) is 5.47. The fraction of sp³-hybridized carbons (Fsp3) is 0.235. The van der Waals surface area contributed by atoms with Crippen LogP contribution in [0.25, 0.3) is 0 Å². The Hall–Kier alpha value is -2.19. The molecule has 0 fully saturated rings. The smallest absolute Gasteiger partial charge is 0.237 e. The molecule has 1 amide bonds. The van der Waals surface area contributed by atoms with Gasteiger partial charge in [0.2, 0.25) is 5.91 Å². The second kappa shape index (κ2) is 7.79. The molecule has 0 aliphatic carbocycles. The Morgan fingerprint density at radius 3 is 2.92 bits per heavy atom. The maximum atomic E-state index is 13.2. The summed E-state index contributed by atoms with van der Waals surface area (Å²) in [6.07, 6.45) is 0.714. The minimum atomic E-state index is -0.388. The van der Waals surface area contributed by atoms with Crippen LogP contribution in [0.3, 0.4) is 0 Å². The Kier molecular flexibility index (Phi) is 5.50. The number of carbonyl (C=O) groups is 1. The number of amides is 1. The van der Waals surface area contributed by atoms with Crippen LogP contribution in [0.4, 0.5) is 10.1 Å². The molecule has 3 aromatic rings. The van der Waals surface area contributed by atoms with E-state index in [9.17, 15) is 9.18 Å². The molecule has 2 aromatic heterocycles. The zero-order valence-electron chi connectivity index (χ0n) is 13.8. The van der Waals surface area contributed by atoms with Gasteiger partial charge in [0.05, 0.1) is 5.25 Å². The van der Waals surface area contributed by atoms with Gasteiger partial charge in [0.25, 0.3) is 0 Å². The lowest BCUT2D eigenvalue weighted by Crippen LogP contribution is -2.22. The van der Waals surface area contributed by atoms with Gasteiger partial charge >= 0.3 is 0 Å². The predicted octanol–water partition coefficient (Wildman–Crippen LogP) is 3.73. The number of nitrogens with one attached hydrogen (secondary N) is 1. The molecular formula is C17H17FN4OS2. The van der Waals surface area contributed by atoms with Crippen molar-refractivity contribution in [3.8, 4) is 0 Å². The molecule has 130 valence electrons. The van der Waals surface area contributed by atoms with Crippen molar-refractivity contribution in [2.24, 2.45) is 7.05 Å². The number of halogens is 1. The van der Waals surface area contributed by atoms with Crippen LogP contribution < -0.4 is 5.32 Å². The van der Waals surface area contributed by atoms with E-state index in [-0.39, 0.29) is 17.0 Å². The maximum absolute atomic E-state index is 13.2. The molecule has 0 spiro atoms. The summed E-state index contributed by atoms with van der Waals surface area (Å²) in [6.45, 7) is 1.78. The molecule has 0 bridgehead atoms. The lowest BCUT2D eigenvalue weighted by atomic mass is 10.3. The van der Waals surface area contributed by atoms with E-state index in [1.54, 1.807) is 30.4 Å². The molecular weight excluding hydrogens is 359 g/mol. The van der Waals surface area contributed by atoms with Gasteiger partial charge in [-0.2, -0.15) is 0 Å². The van der Waals surface area contributed by atoms with Crippen molar-refractivity contribution in [3.63, 3.8) is 0 Å². The topological polar surface area (TPSA) is 59.8 Å². The van der Waals surface area contributed by atoms with Crippen LogP contribution in [-0.4, -0.2) is 25.9 Å². The lowest BCUT2D eigenvalue weighted by Gasteiger charge is -2.11. The van der Waals surface area contributed by atoms with Gasteiger partial charge in [0, 0.05) is 24.0 Å². The highest BCUT2D eigenvalue weighted by Crippen LogP contribution is 2.24. The molecule has 0 saturated heterocycles. The first-order chi connectivity index (χ1) is 12.0. The number of carbonyl (C=O) groups excluding carboxylic acids is 1. The van der Waals surface area contributed by atoms with Gasteiger partial charge in [-0.1, -0.05) is 23.9 Å². The van der Waals surface area contributed by atoms with Gasteiger partial charge in [0.15, 0.2) is 5.16 Å². The standard InChI is InChI=1S/C17H17FN4OS2/c1-11(16(23)19-13-6-3-5-12(18)9-13)25-17-21-20-15(22(17)2)10-14-7-4-8-24-14/h3-9,11H,10H2,1-2H3,(H,19,23)/t11-/m1/s1. The van der Waals surface area contributed by atoms with Crippen molar-refractivity contribution < 1.29 is 9.18 Å². The van der Waals surface area contributed by atoms with Crippen molar-refractivity contribution in [3.05, 3.63) is 58.3 Å². The summed E-state index contributed by atoms with van der Waals surface area (Å²) in [6, 6.07) is 9.90. The summed E-state index contributed by atoms with van der Waals surface area (Å²) >= 11 is 3.00. The van der Waals surface area contributed by atoms with E-state index < -0.39 is 0 Å². The number of rotatable bonds is 6. The Labute approximate surface area is 153 Å². The summed E-state index contributed by atoms with van der Waals surface area (Å²) in [5, 5.41) is 13.4. The number of thioether (sulfide) groups is 1. The van der Waals surface area contributed by atoms with E-state index in [1.165, 1.54) is 28.8 Å². The van der Waals surface area contributed by atoms with E-state index >= 15 is 0 Å². The van der Waals surface area contributed by atoms with E-state index in [0.717, 1.165) is 5.82 Å². The molecule has 1 N–H and O–H groups in total. The monoisotopic (exact) mass is 376 g/mol. The van der Waals surface area contributed by atoms with Crippen LogP contribution in [0.5, 0.6) is 0 Å². The first kappa shape index (κ1) is 17.6. The quantitative estimate of drug-likeness (QED) is 0.666. The zero-order valence-corrected chi connectivity index (χ0v) is 15.4. The first-order valence-electron chi connectivity index (χ1n) is 7.66.